The van der Waals surface area contributed by atoms with Crippen molar-refractivity contribution in [3.63, 3.8) is 0 Å². The highest BCUT2D eigenvalue weighted by atomic mass is 16.5. The minimum Gasteiger partial charge on any atom is -0.455 e. The van der Waals surface area contributed by atoms with Crippen LogP contribution < -0.4 is 10.1 Å². The molecule has 0 aliphatic heterocycles. The summed E-state index contributed by atoms with van der Waals surface area (Å²) in [6, 6.07) is 17.7. The lowest BCUT2D eigenvalue weighted by molar-refractivity contribution is -0.115. The van der Waals surface area contributed by atoms with Crippen molar-refractivity contribution in [1.82, 2.24) is 9.55 Å². The summed E-state index contributed by atoms with van der Waals surface area (Å²) in [4.78, 5) is 16.9. The van der Waals surface area contributed by atoms with E-state index in [-0.39, 0.29) is 5.91 Å². The number of carbonyl (C=O) groups is 1. The number of aromatic nitrogens is 2. The highest BCUT2D eigenvalue weighted by Crippen LogP contribution is 2.29. The second kappa shape index (κ2) is 9.04. The van der Waals surface area contributed by atoms with Crippen LogP contribution in [0.4, 0.5) is 5.69 Å². The van der Waals surface area contributed by atoms with E-state index in [1.54, 1.807) is 12.4 Å². The summed E-state index contributed by atoms with van der Waals surface area (Å²) in [5, 5.41) is 4.19. The van der Waals surface area contributed by atoms with E-state index >= 15 is 0 Å². The average Bonchev–Trinajstić information content (AvgIpc) is 3.03. The van der Waals surface area contributed by atoms with Gasteiger partial charge in [0.1, 0.15) is 11.5 Å². The monoisotopic (exact) mass is 413 g/mol. The van der Waals surface area contributed by atoms with Gasteiger partial charge in [0.25, 0.3) is 0 Å². The van der Waals surface area contributed by atoms with Gasteiger partial charge in [0.15, 0.2) is 0 Å². The van der Waals surface area contributed by atoms with Crippen molar-refractivity contribution in [2.24, 2.45) is 0 Å². The maximum atomic E-state index is 12.9. The predicted octanol–water partition coefficient (Wildman–Crippen LogP) is 6.04. The molecule has 0 aliphatic carbocycles. The third-order valence-corrected chi connectivity index (χ3v) is 5.47. The Morgan fingerprint density at radius 2 is 1.94 bits per heavy atom. The lowest BCUT2D eigenvalue weighted by Gasteiger charge is -2.11. The second-order valence-electron chi connectivity index (χ2n) is 7.73. The molecule has 1 amide bonds. The molecule has 158 valence electrons. The maximum Gasteiger partial charge on any atom is 0.228 e. The van der Waals surface area contributed by atoms with Crippen molar-refractivity contribution in [1.29, 1.82) is 0 Å². The van der Waals surface area contributed by atoms with Gasteiger partial charge in [-0.25, -0.2) is 0 Å². The summed E-state index contributed by atoms with van der Waals surface area (Å²) in [6.45, 7) is 7.19. The van der Waals surface area contributed by atoms with E-state index < -0.39 is 0 Å². The number of aryl methyl sites for hydroxylation is 2. The minimum absolute atomic E-state index is 0.0252. The fraction of sp³-hybridized carbons (Fsp3) is 0.231. The van der Waals surface area contributed by atoms with Gasteiger partial charge < -0.3 is 14.6 Å². The molecule has 5 nitrogen and oxygen atoms in total. The highest BCUT2D eigenvalue weighted by molar-refractivity contribution is 5.96. The van der Waals surface area contributed by atoms with Gasteiger partial charge in [-0.05, 0) is 67.8 Å². The van der Waals surface area contributed by atoms with E-state index in [1.807, 2.05) is 43.3 Å². The number of anilines is 1. The van der Waals surface area contributed by atoms with Gasteiger partial charge in [0.2, 0.25) is 5.91 Å². The predicted molar refractivity (Wildman–Crippen MR) is 125 cm³/mol. The molecule has 0 radical (unpaired) electrons. The Balaban J connectivity index is 1.51. The first kappa shape index (κ1) is 20.7. The number of pyridine rings is 1. The van der Waals surface area contributed by atoms with E-state index in [0.29, 0.717) is 12.2 Å². The molecule has 2 aromatic heterocycles. The van der Waals surface area contributed by atoms with Crippen molar-refractivity contribution < 1.29 is 9.53 Å². The van der Waals surface area contributed by atoms with Crippen LogP contribution in [-0.4, -0.2) is 15.5 Å². The summed E-state index contributed by atoms with van der Waals surface area (Å²) in [5.41, 5.74) is 5.15. The molecule has 0 saturated carbocycles. The molecule has 2 aromatic carbocycles. The first-order valence-corrected chi connectivity index (χ1v) is 10.6. The lowest BCUT2D eigenvalue weighted by atomic mass is 10.1. The molecular weight excluding hydrogens is 386 g/mol. The molecule has 0 bridgehead atoms. The quantitative estimate of drug-likeness (QED) is 0.402. The zero-order valence-corrected chi connectivity index (χ0v) is 18.2. The molecule has 0 fully saturated rings. The van der Waals surface area contributed by atoms with Crippen LogP contribution in [-0.2, 0) is 17.8 Å². The summed E-state index contributed by atoms with van der Waals surface area (Å²) in [6.07, 6.45) is 4.78. The molecule has 5 heteroatoms. The van der Waals surface area contributed by atoms with Gasteiger partial charge in [-0.2, -0.15) is 0 Å². The van der Waals surface area contributed by atoms with Crippen molar-refractivity contribution >= 4 is 22.5 Å². The topological polar surface area (TPSA) is 56.2 Å². The number of nitrogens with zero attached hydrogens (tertiary/aromatic N) is 2. The van der Waals surface area contributed by atoms with Crippen molar-refractivity contribution in [2.75, 3.05) is 5.32 Å². The molecule has 2 heterocycles. The number of rotatable bonds is 7. The first-order chi connectivity index (χ1) is 15.1. The molecule has 1 N–H and O–H groups in total. The number of nitrogens with one attached hydrogen (secondary N) is 1. The second-order valence-corrected chi connectivity index (χ2v) is 7.73. The number of hydrogen-bond acceptors (Lipinski definition) is 3. The highest BCUT2D eigenvalue weighted by Gasteiger charge is 2.16. The molecule has 31 heavy (non-hydrogen) atoms. The largest absolute Gasteiger partial charge is 0.455 e. The van der Waals surface area contributed by atoms with E-state index in [2.05, 4.69) is 46.9 Å². The van der Waals surface area contributed by atoms with Gasteiger partial charge in [0, 0.05) is 35.0 Å². The molecule has 0 unspecified atom stereocenters. The van der Waals surface area contributed by atoms with Crippen LogP contribution in [0.3, 0.4) is 0 Å². The Kier molecular flexibility index (Phi) is 6.03. The number of carbonyl (C=O) groups excluding carboxylic acids is 1. The molecule has 0 atom stereocenters. The number of amides is 1. The fourth-order valence-corrected chi connectivity index (χ4v) is 3.98. The Bertz CT molecular complexity index is 1210. The van der Waals surface area contributed by atoms with E-state index in [0.717, 1.165) is 46.6 Å². The zero-order chi connectivity index (χ0) is 21.8. The van der Waals surface area contributed by atoms with Crippen LogP contribution in [0.2, 0.25) is 0 Å². The van der Waals surface area contributed by atoms with Gasteiger partial charge >= 0.3 is 0 Å². The number of fused-ring (bicyclic) bond motifs is 1. The van der Waals surface area contributed by atoms with Gasteiger partial charge in [-0.15, -0.1) is 0 Å². The summed E-state index contributed by atoms with van der Waals surface area (Å²) in [5.74, 6) is 1.40. The van der Waals surface area contributed by atoms with Crippen LogP contribution >= 0.6 is 0 Å². The number of para-hydroxylation sites is 1. The standard InChI is InChI=1S/C26H27N3O2/c1-4-14-29-19(3)23(22-9-5-6-10-24(22)29)16-26(30)28-20-11-12-25(18(2)15-20)31-21-8-7-13-27-17-21/h5-13,15,17H,4,14,16H2,1-3H3,(H,28,30). The fourth-order valence-electron chi connectivity index (χ4n) is 3.98. The number of hydrogen-bond donors (Lipinski definition) is 1. The Morgan fingerprint density at radius 3 is 2.68 bits per heavy atom. The smallest absolute Gasteiger partial charge is 0.228 e. The van der Waals surface area contributed by atoms with Crippen LogP contribution in [0.15, 0.2) is 67.0 Å². The van der Waals surface area contributed by atoms with Crippen molar-refractivity contribution in [2.45, 2.75) is 40.2 Å². The molecule has 0 saturated heterocycles. The molecule has 0 spiro atoms. The zero-order valence-electron chi connectivity index (χ0n) is 18.2. The third kappa shape index (κ3) is 4.45. The Hall–Kier alpha value is -3.60. The minimum atomic E-state index is -0.0252. The average molecular weight is 414 g/mol. The summed E-state index contributed by atoms with van der Waals surface area (Å²) >= 11 is 0. The van der Waals surface area contributed by atoms with Gasteiger partial charge in [0.05, 0.1) is 12.6 Å². The van der Waals surface area contributed by atoms with Crippen LogP contribution in [0.25, 0.3) is 10.9 Å². The lowest BCUT2D eigenvalue weighted by Crippen LogP contribution is -2.15. The SMILES string of the molecule is CCCn1c(C)c(CC(=O)Nc2ccc(Oc3cccnc3)c(C)c2)c2ccccc21. The number of benzene rings is 2. The number of ether oxygens (including phenoxy) is 1. The van der Waals surface area contributed by atoms with Crippen molar-refractivity contribution in [3.8, 4) is 11.5 Å². The Morgan fingerprint density at radius 1 is 1.10 bits per heavy atom. The van der Waals surface area contributed by atoms with Crippen LogP contribution in [0, 0.1) is 13.8 Å². The van der Waals surface area contributed by atoms with Gasteiger partial charge in [-0.1, -0.05) is 25.1 Å². The van der Waals surface area contributed by atoms with Crippen LogP contribution in [0.5, 0.6) is 11.5 Å². The summed E-state index contributed by atoms with van der Waals surface area (Å²) in [7, 11) is 0. The summed E-state index contributed by atoms with van der Waals surface area (Å²) < 4.78 is 8.19. The third-order valence-electron chi connectivity index (χ3n) is 5.47. The molecule has 4 aromatic rings. The Labute approximate surface area is 182 Å². The van der Waals surface area contributed by atoms with E-state index in [4.69, 9.17) is 4.74 Å². The normalized spacial score (nSPS) is 10.9. The van der Waals surface area contributed by atoms with Crippen molar-refractivity contribution in [3.05, 3.63) is 83.8 Å². The molecule has 0 aliphatic rings. The van der Waals surface area contributed by atoms with E-state index in [1.165, 1.54) is 5.52 Å². The van der Waals surface area contributed by atoms with Gasteiger partial charge in [-0.3, -0.25) is 9.78 Å². The van der Waals surface area contributed by atoms with Crippen LogP contribution in [0.1, 0.15) is 30.2 Å². The molecular formula is C26H27N3O2. The van der Waals surface area contributed by atoms with E-state index in [9.17, 15) is 4.79 Å². The first-order valence-electron chi connectivity index (χ1n) is 10.6. The maximum absolute atomic E-state index is 12.9. The molecule has 4 rings (SSSR count).